The Hall–Kier alpha value is -3.54. The van der Waals surface area contributed by atoms with Crippen LogP contribution in [-0.2, 0) is 0 Å². The lowest BCUT2D eigenvalue weighted by atomic mass is 9.99. The minimum atomic E-state index is 0.175. The molecule has 0 saturated heterocycles. The molecule has 0 unspecified atom stereocenters. The number of aryl methyl sites for hydroxylation is 1. The quantitative estimate of drug-likeness (QED) is 0.398. The summed E-state index contributed by atoms with van der Waals surface area (Å²) in [6, 6.07) is 19.5. The summed E-state index contributed by atoms with van der Waals surface area (Å²) >= 11 is 0. The second-order valence-corrected chi connectivity index (χ2v) is 9.02. The van der Waals surface area contributed by atoms with Crippen LogP contribution in [0.5, 0.6) is 0 Å². The van der Waals surface area contributed by atoms with Crippen molar-refractivity contribution in [3.63, 3.8) is 0 Å². The standard InChI is InChI=1S/C27H28N6/c1-3-23-27-31-30-18(2)32(27)24-17-28-25(29-26(24)33(23)20-13-7-8-14-20)22-16-10-9-15-21(22)19-11-5-4-6-12-19/h4-6,9-12,15-17,20,23H,3,7-8,13-14H2,1-2H3/t23-/m1/s1. The molecule has 1 aliphatic carbocycles. The lowest BCUT2D eigenvalue weighted by Crippen LogP contribution is -2.42. The van der Waals surface area contributed by atoms with Crippen molar-refractivity contribution in [2.75, 3.05) is 4.90 Å². The number of hydrogen-bond donors (Lipinski definition) is 0. The van der Waals surface area contributed by atoms with E-state index in [4.69, 9.17) is 9.97 Å². The predicted octanol–water partition coefficient (Wildman–Crippen LogP) is 5.91. The molecule has 0 amide bonds. The van der Waals surface area contributed by atoms with E-state index in [9.17, 15) is 0 Å². The van der Waals surface area contributed by atoms with Crippen LogP contribution in [0.25, 0.3) is 28.2 Å². The van der Waals surface area contributed by atoms with Crippen molar-refractivity contribution in [1.82, 2.24) is 24.7 Å². The van der Waals surface area contributed by atoms with Gasteiger partial charge in [0, 0.05) is 11.6 Å². The summed E-state index contributed by atoms with van der Waals surface area (Å²) in [5, 5.41) is 9.00. The average Bonchev–Trinajstić information content (AvgIpc) is 3.54. The molecule has 0 bridgehead atoms. The Kier molecular flexibility index (Phi) is 4.93. The molecule has 0 radical (unpaired) electrons. The molecule has 1 aliphatic heterocycles. The second-order valence-electron chi connectivity index (χ2n) is 9.02. The van der Waals surface area contributed by atoms with E-state index in [0.29, 0.717) is 6.04 Å². The molecule has 1 atom stereocenters. The van der Waals surface area contributed by atoms with Crippen molar-refractivity contribution in [2.45, 2.75) is 58.0 Å². The molecule has 3 heterocycles. The van der Waals surface area contributed by atoms with Gasteiger partial charge in [-0.25, -0.2) is 9.97 Å². The maximum Gasteiger partial charge on any atom is 0.162 e. The van der Waals surface area contributed by atoms with Crippen molar-refractivity contribution in [3.8, 4) is 28.2 Å². The molecule has 6 rings (SSSR count). The van der Waals surface area contributed by atoms with Crippen LogP contribution in [0.15, 0.2) is 60.8 Å². The first-order chi connectivity index (χ1) is 16.3. The monoisotopic (exact) mass is 436 g/mol. The van der Waals surface area contributed by atoms with E-state index in [1.54, 1.807) is 0 Å². The molecule has 0 N–H and O–H groups in total. The van der Waals surface area contributed by atoms with E-state index in [0.717, 1.165) is 46.5 Å². The van der Waals surface area contributed by atoms with E-state index in [1.165, 1.54) is 31.2 Å². The number of hydrogen-bond acceptors (Lipinski definition) is 5. The van der Waals surface area contributed by atoms with E-state index in [-0.39, 0.29) is 6.04 Å². The predicted molar refractivity (Wildman–Crippen MR) is 130 cm³/mol. The Balaban J connectivity index is 1.55. The molecular formula is C27H28N6. The maximum absolute atomic E-state index is 5.25. The summed E-state index contributed by atoms with van der Waals surface area (Å²) in [5.41, 5.74) is 4.36. The van der Waals surface area contributed by atoms with Crippen LogP contribution in [0.1, 0.15) is 56.7 Å². The summed E-state index contributed by atoms with van der Waals surface area (Å²) in [7, 11) is 0. The van der Waals surface area contributed by atoms with Crippen LogP contribution in [0.2, 0.25) is 0 Å². The summed E-state index contributed by atoms with van der Waals surface area (Å²) in [6.07, 6.45) is 7.87. The van der Waals surface area contributed by atoms with Gasteiger partial charge >= 0.3 is 0 Å². The zero-order valence-electron chi connectivity index (χ0n) is 19.1. The number of fused-ring (bicyclic) bond motifs is 3. The first kappa shape index (κ1) is 20.1. The number of benzene rings is 2. The molecule has 6 nitrogen and oxygen atoms in total. The van der Waals surface area contributed by atoms with Gasteiger partial charge in [0.1, 0.15) is 11.5 Å². The molecule has 33 heavy (non-hydrogen) atoms. The fourth-order valence-corrected chi connectivity index (χ4v) is 5.54. The molecule has 6 heteroatoms. The highest BCUT2D eigenvalue weighted by Crippen LogP contribution is 2.44. The zero-order chi connectivity index (χ0) is 22.4. The Morgan fingerprint density at radius 3 is 2.39 bits per heavy atom. The van der Waals surface area contributed by atoms with Gasteiger partial charge in [0.25, 0.3) is 0 Å². The third-order valence-corrected chi connectivity index (χ3v) is 7.08. The highest BCUT2D eigenvalue weighted by atomic mass is 15.4. The van der Waals surface area contributed by atoms with Gasteiger partial charge in [-0.2, -0.15) is 0 Å². The normalized spacial score (nSPS) is 17.8. The van der Waals surface area contributed by atoms with Gasteiger partial charge in [0.2, 0.25) is 0 Å². The number of nitrogens with zero attached hydrogens (tertiary/aromatic N) is 6. The van der Waals surface area contributed by atoms with Crippen molar-refractivity contribution >= 4 is 5.82 Å². The third kappa shape index (κ3) is 3.24. The van der Waals surface area contributed by atoms with Gasteiger partial charge in [0.15, 0.2) is 17.5 Å². The topological polar surface area (TPSA) is 59.7 Å². The summed E-state index contributed by atoms with van der Waals surface area (Å²) in [4.78, 5) is 12.6. The lowest BCUT2D eigenvalue weighted by molar-refractivity contribution is 0.468. The first-order valence-corrected chi connectivity index (χ1v) is 12.0. The number of rotatable bonds is 4. The minimum absolute atomic E-state index is 0.175. The second kappa shape index (κ2) is 8.10. The Labute approximate surface area is 194 Å². The van der Waals surface area contributed by atoms with Gasteiger partial charge in [-0.3, -0.25) is 4.57 Å². The molecule has 1 fully saturated rings. The molecule has 0 spiro atoms. The maximum atomic E-state index is 5.25. The highest BCUT2D eigenvalue weighted by Gasteiger charge is 2.39. The van der Waals surface area contributed by atoms with Gasteiger partial charge in [-0.1, -0.05) is 74.4 Å². The number of aromatic nitrogens is 5. The fourth-order valence-electron chi connectivity index (χ4n) is 5.54. The van der Waals surface area contributed by atoms with E-state index >= 15 is 0 Å². The lowest BCUT2D eigenvalue weighted by Gasteiger charge is -2.41. The molecule has 1 saturated carbocycles. The Bertz CT molecular complexity index is 1290. The molecule has 4 aromatic rings. The Morgan fingerprint density at radius 2 is 1.64 bits per heavy atom. The fraction of sp³-hybridized carbons (Fsp3) is 0.333. The molecule has 2 aromatic heterocycles. The molecule has 2 aromatic carbocycles. The van der Waals surface area contributed by atoms with Crippen molar-refractivity contribution < 1.29 is 0 Å². The highest BCUT2D eigenvalue weighted by molar-refractivity contribution is 5.81. The van der Waals surface area contributed by atoms with Crippen LogP contribution in [0.3, 0.4) is 0 Å². The van der Waals surface area contributed by atoms with Crippen LogP contribution < -0.4 is 4.90 Å². The summed E-state index contributed by atoms with van der Waals surface area (Å²) in [6.45, 7) is 4.25. The van der Waals surface area contributed by atoms with Crippen molar-refractivity contribution in [1.29, 1.82) is 0 Å². The molecule has 2 aliphatic rings. The van der Waals surface area contributed by atoms with Crippen molar-refractivity contribution in [3.05, 3.63) is 72.4 Å². The number of anilines is 1. The van der Waals surface area contributed by atoms with Crippen LogP contribution in [-0.4, -0.2) is 30.8 Å². The van der Waals surface area contributed by atoms with Crippen molar-refractivity contribution in [2.24, 2.45) is 0 Å². The minimum Gasteiger partial charge on any atom is -0.342 e. The van der Waals surface area contributed by atoms with E-state index < -0.39 is 0 Å². The van der Waals surface area contributed by atoms with Gasteiger partial charge in [-0.15, -0.1) is 10.2 Å². The summed E-state index contributed by atoms with van der Waals surface area (Å²) in [5.74, 6) is 3.67. The van der Waals surface area contributed by atoms with Gasteiger partial charge in [0.05, 0.1) is 12.2 Å². The largest absolute Gasteiger partial charge is 0.342 e. The third-order valence-electron chi connectivity index (χ3n) is 7.08. The van der Waals surface area contributed by atoms with E-state index in [1.807, 2.05) is 19.2 Å². The zero-order valence-corrected chi connectivity index (χ0v) is 19.1. The molecule has 166 valence electrons. The summed E-state index contributed by atoms with van der Waals surface area (Å²) < 4.78 is 2.15. The smallest absolute Gasteiger partial charge is 0.162 e. The molecular weight excluding hydrogens is 408 g/mol. The van der Waals surface area contributed by atoms with Crippen LogP contribution in [0, 0.1) is 6.92 Å². The van der Waals surface area contributed by atoms with Gasteiger partial charge in [-0.05, 0) is 37.3 Å². The van der Waals surface area contributed by atoms with Crippen LogP contribution in [0.4, 0.5) is 5.82 Å². The van der Waals surface area contributed by atoms with E-state index in [2.05, 4.69) is 75.1 Å². The average molecular weight is 437 g/mol. The van der Waals surface area contributed by atoms with Crippen LogP contribution >= 0.6 is 0 Å². The SMILES string of the molecule is CC[C@@H]1c2nnc(C)n2-c2cnc(-c3ccccc3-c3ccccc3)nc2N1C1CCCC1. The first-order valence-electron chi connectivity index (χ1n) is 12.0. The Morgan fingerprint density at radius 1 is 0.909 bits per heavy atom. The van der Waals surface area contributed by atoms with Gasteiger partial charge < -0.3 is 4.90 Å².